The SMILES string of the molecule is O=c1[nH]nc(Br)c(=O)n1C(c1ccccc1)c1ccccc1. The van der Waals surface area contributed by atoms with Gasteiger partial charge in [0.05, 0.1) is 6.04 Å². The lowest BCUT2D eigenvalue weighted by Crippen LogP contribution is -2.40. The van der Waals surface area contributed by atoms with Gasteiger partial charge in [-0.25, -0.2) is 14.5 Å². The van der Waals surface area contributed by atoms with Gasteiger partial charge < -0.3 is 0 Å². The first-order chi connectivity index (χ1) is 10.7. The molecule has 3 aromatic rings. The second kappa shape index (κ2) is 6.11. The van der Waals surface area contributed by atoms with E-state index in [2.05, 4.69) is 26.1 Å². The number of H-pyrrole nitrogens is 1. The Labute approximate surface area is 134 Å². The fraction of sp³-hybridized carbons (Fsp3) is 0.0625. The van der Waals surface area contributed by atoms with Crippen molar-refractivity contribution >= 4 is 15.9 Å². The number of aromatic amines is 1. The van der Waals surface area contributed by atoms with Crippen molar-refractivity contribution in [3.05, 3.63) is 97.2 Å². The Hall–Kier alpha value is -2.47. The summed E-state index contributed by atoms with van der Waals surface area (Å²) >= 11 is 3.08. The van der Waals surface area contributed by atoms with Crippen LogP contribution in [0.15, 0.2) is 74.9 Å². The molecule has 0 bridgehead atoms. The number of nitrogens with one attached hydrogen (secondary N) is 1. The number of benzene rings is 2. The molecule has 0 saturated heterocycles. The van der Waals surface area contributed by atoms with Crippen LogP contribution in [0.3, 0.4) is 0 Å². The predicted octanol–water partition coefficient (Wildman–Crippen LogP) is 2.33. The normalized spacial score (nSPS) is 10.8. The van der Waals surface area contributed by atoms with Gasteiger partial charge in [-0.3, -0.25) is 4.79 Å². The molecule has 0 aliphatic heterocycles. The third-order valence-electron chi connectivity index (χ3n) is 3.35. The van der Waals surface area contributed by atoms with Crippen molar-refractivity contribution in [3.8, 4) is 0 Å². The van der Waals surface area contributed by atoms with Crippen molar-refractivity contribution in [1.82, 2.24) is 14.8 Å². The van der Waals surface area contributed by atoms with Crippen LogP contribution < -0.4 is 11.2 Å². The second-order valence-corrected chi connectivity index (χ2v) is 5.47. The summed E-state index contributed by atoms with van der Waals surface area (Å²) in [6.07, 6.45) is 0. The molecule has 0 radical (unpaired) electrons. The number of aromatic nitrogens is 3. The molecule has 6 heteroatoms. The molecular weight excluding hydrogens is 346 g/mol. The van der Waals surface area contributed by atoms with Crippen molar-refractivity contribution in [2.45, 2.75) is 6.04 Å². The summed E-state index contributed by atoms with van der Waals surface area (Å²) in [7, 11) is 0. The van der Waals surface area contributed by atoms with E-state index in [1.54, 1.807) is 0 Å². The highest BCUT2D eigenvalue weighted by Gasteiger charge is 2.21. The van der Waals surface area contributed by atoms with Crippen LogP contribution in [0.4, 0.5) is 0 Å². The maximum absolute atomic E-state index is 12.4. The van der Waals surface area contributed by atoms with Crippen molar-refractivity contribution < 1.29 is 0 Å². The lowest BCUT2D eigenvalue weighted by atomic mass is 9.98. The molecule has 5 nitrogen and oxygen atoms in total. The van der Waals surface area contributed by atoms with Crippen LogP contribution in [0.25, 0.3) is 0 Å². The number of rotatable bonds is 3. The van der Waals surface area contributed by atoms with Gasteiger partial charge in [-0.1, -0.05) is 60.7 Å². The molecule has 0 spiro atoms. The zero-order chi connectivity index (χ0) is 15.5. The Bertz CT molecular complexity index is 849. The summed E-state index contributed by atoms with van der Waals surface area (Å²) in [4.78, 5) is 24.6. The highest BCUT2D eigenvalue weighted by atomic mass is 79.9. The van der Waals surface area contributed by atoms with E-state index in [4.69, 9.17) is 0 Å². The average molecular weight is 358 g/mol. The maximum Gasteiger partial charge on any atom is 0.345 e. The molecule has 0 aliphatic rings. The van der Waals surface area contributed by atoms with Crippen LogP contribution in [0.5, 0.6) is 0 Å². The Morgan fingerprint density at radius 3 is 1.91 bits per heavy atom. The number of hydrogen-bond donors (Lipinski definition) is 1. The number of hydrogen-bond acceptors (Lipinski definition) is 3. The standard InChI is InChI=1S/C16H12BrN3O2/c17-14-15(21)20(16(22)19-18-14)13(11-7-3-1-4-8-11)12-9-5-2-6-10-12/h1-10,13H,(H,19,22). The van der Waals surface area contributed by atoms with Gasteiger partial charge in [-0.2, -0.15) is 5.10 Å². The van der Waals surface area contributed by atoms with Crippen LogP contribution in [0.2, 0.25) is 0 Å². The third-order valence-corrected chi connectivity index (χ3v) is 3.87. The predicted molar refractivity (Wildman–Crippen MR) is 86.9 cm³/mol. The lowest BCUT2D eigenvalue weighted by Gasteiger charge is -2.19. The Morgan fingerprint density at radius 1 is 0.909 bits per heavy atom. The molecule has 22 heavy (non-hydrogen) atoms. The summed E-state index contributed by atoms with van der Waals surface area (Å²) in [5.74, 6) is 0. The van der Waals surface area contributed by atoms with Crippen LogP contribution in [0, 0.1) is 0 Å². The molecule has 1 aromatic heterocycles. The highest BCUT2D eigenvalue weighted by Crippen LogP contribution is 2.24. The number of halogens is 1. The molecule has 0 aliphatic carbocycles. The quantitative estimate of drug-likeness (QED) is 0.782. The molecular formula is C16H12BrN3O2. The van der Waals surface area contributed by atoms with Gasteiger partial charge in [-0.05, 0) is 27.1 Å². The smallest absolute Gasteiger partial charge is 0.266 e. The monoisotopic (exact) mass is 357 g/mol. The van der Waals surface area contributed by atoms with Crippen LogP contribution >= 0.6 is 15.9 Å². The van der Waals surface area contributed by atoms with Gasteiger partial charge in [0.15, 0.2) is 4.60 Å². The van der Waals surface area contributed by atoms with E-state index in [1.807, 2.05) is 60.7 Å². The zero-order valence-electron chi connectivity index (χ0n) is 11.4. The molecule has 110 valence electrons. The molecule has 1 heterocycles. The largest absolute Gasteiger partial charge is 0.345 e. The van der Waals surface area contributed by atoms with Crippen molar-refractivity contribution in [2.24, 2.45) is 0 Å². The zero-order valence-corrected chi connectivity index (χ0v) is 13.0. The molecule has 0 atom stereocenters. The fourth-order valence-corrected chi connectivity index (χ4v) is 2.67. The molecule has 3 rings (SSSR count). The Morgan fingerprint density at radius 2 is 1.41 bits per heavy atom. The lowest BCUT2D eigenvalue weighted by molar-refractivity contribution is 0.585. The van der Waals surface area contributed by atoms with Crippen LogP contribution in [-0.4, -0.2) is 14.8 Å². The Kier molecular flexibility index (Phi) is 4.02. The Balaban J connectivity index is 2.31. The minimum Gasteiger partial charge on any atom is -0.266 e. The second-order valence-electron chi connectivity index (χ2n) is 4.72. The summed E-state index contributed by atoms with van der Waals surface area (Å²) in [6.45, 7) is 0. The van der Waals surface area contributed by atoms with Gasteiger partial charge in [0.25, 0.3) is 5.56 Å². The topological polar surface area (TPSA) is 67.8 Å². The van der Waals surface area contributed by atoms with Gasteiger partial charge >= 0.3 is 5.69 Å². The summed E-state index contributed by atoms with van der Waals surface area (Å²) in [5, 5.41) is 5.99. The maximum atomic E-state index is 12.4. The molecule has 0 unspecified atom stereocenters. The first-order valence-corrected chi connectivity index (χ1v) is 7.44. The first kappa shape index (κ1) is 14.5. The summed E-state index contributed by atoms with van der Waals surface area (Å²) in [6, 6.07) is 18.3. The van der Waals surface area contributed by atoms with Crippen LogP contribution in [0.1, 0.15) is 17.2 Å². The van der Waals surface area contributed by atoms with Crippen LogP contribution in [-0.2, 0) is 0 Å². The third kappa shape index (κ3) is 2.65. The fourth-order valence-electron chi connectivity index (χ4n) is 2.39. The molecule has 0 amide bonds. The molecule has 0 saturated carbocycles. The van der Waals surface area contributed by atoms with Gasteiger partial charge in [0, 0.05) is 0 Å². The number of nitrogens with zero attached hydrogens (tertiary/aromatic N) is 2. The molecule has 0 fully saturated rings. The van der Waals surface area contributed by atoms with Crippen molar-refractivity contribution in [2.75, 3.05) is 0 Å². The van der Waals surface area contributed by atoms with E-state index in [-0.39, 0.29) is 4.60 Å². The van der Waals surface area contributed by atoms with Gasteiger partial charge in [0.2, 0.25) is 0 Å². The van der Waals surface area contributed by atoms with E-state index in [9.17, 15) is 9.59 Å². The average Bonchev–Trinajstić information content (AvgIpc) is 2.57. The minimum absolute atomic E-state index is 0.0731. The molecule has 2 aromatic carbocycles. The minimum atomic E-state index is -0.550. The van der Waals surface area contributed by atoms with Crippen molar-refractivity contribution in [1.29, 1.82) is 0 Å². The van der Waals surface area contributed by atoms with Crippen molar-refractivity contribution in [3.63, 3.8) is 0 Å². The van der Waals surface area contributed by atoms with E-state index < -0.39 is 17.3 Å². The van der Waals surface area contributed by atoms with E-state index in [0.717, 1.165) is 11.1 Å². The van der Waals surface area contributed by atoms with E-state index >= 15 is 0 Å². The molecule has 1 N–H and O–H groups in total. The van der Waals surface area contributed by atoms with Gasteiger partial charge in [0.1, 0.15) is 0 Å². The highest BCUT2D eigenvalue weighted by molar-refractivity contribution is 9.10. The summed E-state index contributed by atoms with van der Waals surface area (Å²) in [5.41, 5.74) is 0.672. The first-order valence-electron chi connectivity index (χ1n) is 6.65. The van der Waals surface area contributed by atoms with E-state index in [0.29, 0.717) is 0 Å². The van der Waals surface area contributed by atoms with E-state index in [1.165, 1.54) is 4.57 Å². The summed E-state index contributed by atoms with van der Waals surface area (Å²) < 4.78 is 1.24. The van der Waals surface area contributed by atoms with Gasteiger partial charge in [-0.15, -0.1) is 0 Å².